The van der Waals surface area contributed by atoms with E-state index < -0.39 is 0 Å². The predicted octanol–water partition coefficient (Wildman–Crippen LogP) is 2.62. The molecule has 7 nitrogen and oxygen atoms in total. The number of hydrogen-bond donors (Lipinski definition) is 2. The molecule has 0 atom stereocenters. The van der Waals surface area contributed by atoms with E-state index in [0.717, 1.165) is 11.3 Å². The molecule has 0 saturated carbocycles. The second-order valence-electron chi connectivity index (χ2n) is 7.42. The summed E-state index contributed by atoms with van der Waals surface area (Å²) in [7, 11) is 1.61. The van der Waals surface area contributed by atoms with Gasteiger partial charge in [0.1, 0.15) is 5.75 Å². The van der Waals surface area contributed by atoms with Crippen molar-refractivity contribution in [1.82, 2.24) is 10.2 Å². The van der Waals surface area contributed by atoms with E-state index in [1.54, 1.807) is 31.4 Å². The number of methoxy groups -OCH3 is 1. The summed E-state index contributed by atoms with van der Waals surface area (Å²) >= 11 is 0. The molecule has 0 unspecified atom stereocenters. The molecule has 1 fully saturated rings. The first-order valence-corrected chi connectivity index (χ1v) is 10.0. The second-order valence-corrected chi connectivity index (χ2v) is 7.42. The molecule has 1 aliphatic rings. The minimum Gasteiger partial charge on any atom is -0.497 e. The monoisotopic (exact) mass is 409 g/mol. The molecule has 0 radical (unpaired) electrons. The van der Waals surface area contributed by atoms with Crippen molar-refractivity contribution in [2.45, 2.75) is 32.2 Å². The van der Waals surface area contributed by atoms with Crippen molar-refractivity contribution in [3.8, 4) is 5.75 Å². The van der Waals surface area contributed by atoms with Crippen LogP contribution >= 0.6 is 0 Å². The Hall–Kier alpha value is -3.35. The summed E-state index contributed by atoms with van der Waals surface area (Å²) < 4.78 is 5.14. The molecule has 1 aliphatic heterocycles. The minimum atomic E-state index is -0.181. The molecule has 0 bridgehead atoms. The van der Waals surface area contributed by atoms with Gasteiger partial charge in [-0.2, -0.15) is 0 Å². The largest absolute Gasteiger partial charge is 0.497 e. The topological polar surface area (TPSA) is 87.7 Å². The highest BCUT2D eigenvalue weighted by atomic mass is 16.5. The van der Waals surface area contributed by atoms with Crippen molar-refractivity contribution < 1.29 is 19.1 Å². The molecule has 7 heteroatoms. The number of likely N-dealkylation sites (tertiary alicyclic amines) is 1. The van der Waals surface area contributed by atoms with Gasteiger partial charge >= 0.3 is 0 Å². The number of ether oxygens (including phenoxy) is 1. The van der Waals surface area contributed by atoms with Crippen molar-refractivity contribution >= 4 is 23.4 Å². The van der Waals surface area contributed by atoms with E-state index in [4.69, 9.17) is 4.74 Å². The summed E-state index contributed by atoms with van der Waals surface area (Å²) in [5, 5.41) is 5.71. The van der Waals surface area contributed by atoms with Crippen LogP contribution in [0.15, 0.2) is 48.5 Å². The lowest BCUT2D eigenvalue weighted by molar-refractivity contribution is -0.131. The summed E-state index contributed by atoms with van der Waals surface area (Å²) in [6, 6.07) is 14.4. The van der Waals surface area contributed by atoms with Crippen molar-refractivity contribution in [3.63, 3.8) is 0 Å². The molecular weight excluding hydrogens is 382 g/mol. The quantitative estimate of drug-likeness (QED) is 0.768. The van der Waals surface area contributed by atoms with Crippen molar-refractivity contribution in [1.29, 1.82) is 0 Å². The number of nitrogens with one attached hydrogen (secondary N) is 2. The molecule has 30 heavy (non-hydrogen) atoms. The summed E-state index contributed by atoms with van der Waals surface area (Å²) in [6.07, 6.45) is 1.79. The smallest absolute Gasteiger partial charge is 0.251 e. The molecule has 3 rings (SSSR count). The van der Waals surface area contributed by atoms with Gasteiger partial charge in [-0.1, -0.05) is 18.2 Å². The maximum atomic E-state index is 12.6. The number of piperidine rings is 1. The first kappa shape index (κ1) is 21.4. The van der Waals surface area contributed by atoms with Crippen LogP contribution in [0.1, 0.15) is 35.7 Å². The van der Waals surface area contributed by atoms with Crippen LogP contribution in [0.5, 0.6) is 5.75 Å². The Morgan fingerprint density at radius 2 is 1.77 bits per heavy atom. The van der Waals surface area contributed by atoms with Crippen LogP contribution in [0, 0.1) is 0 Å². The van der Waals surface area contributed by atoms with Gasteiger partial charge in [-0.3, -0.25) is 14.4 Å². The Bertz CT molecular complexity index is 903. The maximum Gasteiger partial charge on any atom is 0.251 e. The number of nitrogens with zero attached hydrogens (tertiary/aromatic N) is 1. The van der Waals surface area contributed by atoms with Gasteiger partial charge in [-0.15, -0.1) is 0 Å². The van der Waals surface area contributed by atoms with Crippen LogP contribution < -0.4 is 15.4 Å². The number of benzene rings is 2. The first-order valence-electron chi connectivity index (χ1n) is 10.0. The van der Waals surface area contributed by atoms with Gasteiger partial charge < -0.3 is 20.3 Å². The fourth-order valence-corrected chi connectivity index (χ4v) is 3.51. The van der Waals surface area contributed by atoms with Gasteiger partial charge in [0.15, 0.2) is 0 Å². The van der Waals surface area contributed by atoms with Gasteiger partial charge in [0.2, 0.25) is 11.8 Å². The Morgan fingerprint density at radius 1 is 1.07 bits per heavy atom. The van der Waals surface area contributed by atoms with Crippen molar-refractivity contribution in [3.05, 3.63) is 59.7 Å². The molecule has 1 heterocycles. The van der Waals surface area contributed by atoms with Crippen LogP contribution in [0.4, 0.5) is 5.69 Å². The van der Waals surface area contributed by atoms with Crippen molar-refractivity contribution in [2.75, 3.05) is 25.5 Å². The molecule has 2 aromatic rings. The molecular formula is C23H27N3O4. The molecule has 2 aromatic carbocycles. The normalized spacial score (nSPS) is 14.1. The fraction of sp³-hybridized carbons (Fsp3) is 0.348. The Balaban J connectivity index is 1.48. The third-order valence-corrected chi connectivity index (χ3v) is 5.14. The lowest BCUT2D eigenvalue weighted by atomic mass is 10.0. The molecule has 2 N–H and O–H groups in total. The van der Waals surface area contributed by atoms with E-state index in [2.05, 4.69) is 10.6 Å². The number of anilines is 1. The lowest BCUT2D eigenvalue weighted by Crippen LogP contribution is -2.47. The van der Waals surface area contributed by atoms with E-state index in [1.807, 2.05) is 29.2 Å². The van der Waals surface area contributed by atoms with E-state index in [0.29, 0.717) is 43.6 Å². The summed E-state index contributed by atoms with van der Waals surface area (Å²) in [5.74, 6) is 0.503. The number of carbonyl (C=O) groups excluding carboxylic acids is 3. The Kier molecular flexibility index (Phi) is 7.06. The number of carbonyl (C=O) groups is 3. The fourth-order valence-electron chi connectivity index (χ4n) is 3.51. The number of amides is 3. The maximum absolute atomic E-state index is 12.6. The average Bonchev–Trinajstić information content (AvgIpc) is 2.74. The van der Waals surface area contributed by atoms with E-state index in [9.17, 15) is 14.4 Å². The van der Waals surface area contributed by atoms with Gasteiger partial charge in [-0.25, -0.2) is 0 Å². The zero-order valence-corrected chi connectivity index (χ0v) is 17.3. The zero-order chi connectivity index (χ0) is 21.5. The highest BCUT2D eigenvalue weighted by molar-refractivity contribution is 5.97. The number of rotatable bonds is 6. The zero-order valence-electron chi connectivity index (χ0n) is 17.3. The van der Waals surface area contributed by atoms with Gasteiger partial charge in [0.25, 0.3) is 5.91 Å². The lowest BCUT2D eigenvalue weighted by Gasteiger charge is -2.32. The molecule has 1 saturated heterocycles. The summed E-state index contributed by atoms with van der Waals surface area (Å²) in [5.41, 5.74) is 2.05. The third-order valence-electron chi connectivity index (χ3n) is 5.14. The molecule has 0 aliphatic carbocycles. The van der Waals surface area contributed by atoms with Crippen LogP contribution in [0.3, 0.4) is 0 Å². The molecule has 0 aromatic heterocycles. The summed E-state index contributed by atoms with van der Waals surface area (Å²) in [4.78, 5) is 38.2. The van der Waals surface area contributed by atoms with Gasteiger partial charge in [0, 0.05) is 37.3 Å². The van der Waals surface area contributed by atoms with Gasteiger partial charge in [0.05, 0.1) is 13.5 Å². The minimum absolute atomic E-state index is 0.0203. The van der Waals surface area contributed by atoms with Crippen LogP contribution in [-0.2, 0) is 16.0 Å². The highest BCUT2D eigenvalue weighted by Gasteiger charge is 2.24. The Morgan fingerprint density at radius 3 is 2.40 bits per heavy atom. The SMILES string of the molecule is COc1ccc(CC(=O)N2CCC(NC(=O)c3cccc(NC(C)=O)c3)CC2)cc1. The van der Waals surface area contributed by atoms with E-state index >= 15 is 0 Å². The predicted molar refractivity (Wildman–Crippen MR) is 115 cm³/mol. The van der Waals surface area contributed by atoms with Gasteiger partial charge in [-0.05, 0) is 48.7 Å². The molecule has 3 amide bonds. The van der Waals surface area contributed by atoms with Crippen LogP contribution in [-0.4, -0.2) is 48.9 Å². The highest BCUT2D eigenvalue weighted by Crippen LogP contribution is 2.16. The summed E-state index contributed by atoms with van der Waals surface area (Å²) in [6.45, 7) is 2.66. The Labute approximate surface area is 176 Å². The first-order chi connectivity index (χ1) is 14.4. The molecule has 158 valence electrons. The third kappa shape index (κ3) is 5.83. The van der Waals surface area contributed by atoms with E-state index in [-0.39, 0.29) is 23.8 Å². The van der Waals surface area contributed by atoms with E-state index in [1.165, 1.54) is 6.92 Å². The van der Waals surface area contributed by atoms with Crippen LogP contribution in [0.2, 0.25) is 0 Å². The number of hydrogen-bond acceptors (Lipinski definition) is 4. The van der Waals surface area contributed by atoms with Crippen molar-refractivity contribution in [2.24, 2.45) is 0 Å². The molecule has 0 spiro atoms. The standard InChI is InChI=1S/C23H27N3O4/c1-16(27)24-20-5-3-4-18(15-20)23(29)25-19-10-12-26(13-11-19)22(28)14-17-6-8-21(30-2)9-7-17/h3-9,15,19H,10-14H2,1-2H3,(H,24,27)(H,25,29). The average molecular weight is 409 g/mol. The second kappa shape index (κ2) is 9.91. The van der Waals surface area contributed by atoms with Crippen LogP contribution in [0.25, 0.3) is 0 Å².